The van der Waals surface area contributed by atoms with Gasteiger partial charge in [-0.25, -0.2) is 4.98 Å². The second-order valence-corrected chi connectivity index (χ2v) is 5.46. The Hall–Kier alpha value is -2.17. The number of hydrogen-bond acceptors (Lipinski definition) is 4. The molecule has 0 saturated carbocycles. The molecule has 0 saturated heterocycles. The van der Waals surface area contributed by atoms with Crippen molar-refractivity contribution in [2.24, 2.45) is 0 Å². The van der Waals surface area contributed by atoms with E-state index in [0.717, 1.165) is 12.6 Å². The second kappa shape index (κ2) is 6.08. The van der Waals surface area contributed by atoms with Gasteiger partial charge in [-0.2, -0.15) is 9.37 Å². The lowest BCUT2D eigenvalue weighted by molar-refractivity contribution is 0.420. The molecule has 0 spiro atoms. The highest BCUT2D eigenvalue weighted by Crippen LogP contribution is 2.29. The number of rotatable bonds is 5. The van der Waals surface area contributed by atoms with Crippen LogP contribution in [-0.4, -0.2) is 17.0 Å². The summed E-state index contributed by atoms with van der Waals surface area (Å²) in [5.74, 6) is 0.184. The molecule has 0 bridgehead atoms. The van der Waals surface area contributed by atoms with Crippen molar-refractivity contribution in [1.29, 1.82) is 0 Å². The smallest absolute Gasteiger partial charge is 0.260 e. The fourth-order valence-corrected chi connectivity index (χ4v) is 1.83. The van der Waals surface area contributed by atoms with Crippen LogP contribution in [0.5, 0.6) is 11.6 Å². The van der Waals surface area contributed by atoms with E-state index >= 15 is 0 Å². The molecule has 5 heteroatoms. The summed E-state index contributed by atoms with van der Waals surface area (Å²) < 4.78 is 19.1. The van der Waals surface area contributed by atoms with Crippen molar-refractivity contribution in [2.45, 2.75) is 32.6 Å². The standard InChI is InChI=1S/C16H20FN3O/c1-5-16(2,3)11-6-8-12(9-7-11)21-14-13(17)10-19-15(18-4)20-14/h6-10H,5H2,1-4H3,(H,18,19,20). The van der Waals surface area contributed by atoms with Crippen molar-refractivity contribution >= 4 is 5.95 Å². The summed E-state index contributed by atoms with van der Waals surface area (Å²) in [7, 11) is 1.67. The Bertz CT molecular complexity index is 611. The van der Waals surface area contributed by atoms with E-state index in [4.69, 9.17) is 4.74 Å². The Morgan fingerprint density at radius 2 is 1.90 bits per heavy atom. The molecule has 0 radical (unpaired) electrons. The first-order valence-corrected chi connectivity index (χ1v) is 6.95. The predicted molar refractivity (Wildman–Crippen MR) is 81.4 cm³/mol. The highest BCUT2D eigenvalue weighted by atomic mass is 19.1. The van der Waals surface area contributed by atoms with Gasteiger partial charge in [-0.05, 0) is 29.5 Å². The topological polar surface area (TPSA) is 47.0 Å². The SMILES string of the molecule is CCC(C)(C)c1ccc(Oc2nc(NC)ncc2F)cc1. The zero-order valence-electron chi connectivity index (χ0n) is 12.8. The summed E-state index contributed by atoms with van der Waals surface area (Å²) in [5.41, 5.74) is 1.33. The van der Waals surface area contributed by atoms with E-state index in [0.29, 0.717) is 11.7 Å². The minimum absolute atomic E-state index is 0.0862. The number of anilines is 1. The molecule has 2 aromatic rings. The number of benzene rings is 1. The Kier molecular flexibility index (Phi) is 4.40. The molecule has 0 unspecified atom stereocenters. The summed E-state index contributed by atoms with van der Waals surface area (Å²) in [6.07, 6.45) is 2.13. The van der Waals surface area contributed by atoms with Gasteiger partial charge >= 0.3 is 0 Å². The highest BCUT2D eigenvalue weighted by molar-refractivity contribution is 5.35. The molecule has 0 amide bonds. The van der Waals surface area contributed by atoms with Gasteiger partial charge in [-0.15, -0.1) is 0 Å². The third kappa shape index (κ3) is 3.48. The average molecular weight is 289 g/mol. The summed E-state index contributed by atoms with van der Waals surface area (Å²) in [5, 5.41) is 2.75. The number of hydrogen-bond donors (Lipinski definition) is 1. The fraction of sp³-hybridized carbons (Fsp3) is 0.375. The summed E-state index contributed by atoms with van der Waals surface area (Å²) in [6, 6.07) is 7.65. The molecule has 21 heavy (non-hydrogen) atoms. The van der Waals surface area contributed by atoms with E-state index in [-0.39, 0.29) is 11.3 Å². The average Bonchev–Trinajstić information content (AvgIpc) is 2.50. The summed E-state index contributed by atoms with van der Waals surface area (Å²) in [6.45, 7) is 6.53. The molecule has 1 N–H and O–H groups in total. The van der Waals surface area contributed by atoms with Crippen LogP contribution < -0.4 is 10.1 Å². The maximum Gasteiger partial charge on any atom is 0.260 e. The molecule has 0 atom stereocenters. The molecule has 4 nitrogen and oxygen atoms in total. The maximum atomic E-state index is 13.6. The van der Waals surface area contributed by atoms with E-state index in [9.17, 15) is 4.39 Å². The third-order valence-electron chi connectivity index (χ3n) is 3.67. The molecule has 112 valence electrons. The van der Waals surface area contributed by atoms with Gasteiger partial charge in [0.15, 0.2) is 0 Å². The Morgan fingerprint density at radius 1 is 1.24 bits per heavy atom. The van der Waals surface area contributed by atoms with Gasteiger partial charge in [0.25, 0.3) is 5.88 Å². The first-order chi connectivity index (χ1) is 9.96. The van der Waals surface area contributed by atoms with E-state index in [1.165, 1.54) is 5.56 Å². The molecule has 0 aliphatic heterocycles. The lowest BCUT2D eigenvalue weighted by atomic mass is 9.82. The monoisotopic (exact) mass is 289 g/mol. The molecular formula is C16H20FN3O. The van der Waals surface area contributed by atoms with Gasteiger partial charge in [-0.1, -0.05) is 32.9 Å². The fourth-order valence-electron chi connectivity index (χ4n) is 1.83. The van der Waals surface area contributed by atoms with Crippen molar-refractivity contribution in [3.8, 4) is 11.6 Å². The van der Waals surface area contributed by atoms with Gasteiger partial charge in [0.1, 0.15) is 5.75 Å². The molecule has 2 rings (SSSR count). The Morgan fingerprint density at radius 3 is 2.48 bits per heavy atom. The van der Waals surface area contributed by atoms with Crippen molar-refractivity contribution in [3.05, 3.63) is 41.8 Å². The number of ether oxygens (including phenoxy) is 1. The zero-order chi connectivity index (χ0) is 15.5. The van der Waals surface area contributed by atoms with Crippen LogP contribution in [0, 0.1) is 5.82 Å². The highest BCUT2D eigenvalue weighted by Gasteiger charge is 2.18. The van der Waals surface area contributed by atoms with E-state index in [2.05, 4.69) is 36.1 Å². The van der Waals surface area contributed by atoms with Gasteiger partial charge in [0.2, 0.25) is 11.8 Å². The molecular weight excluding hydrogens is 269 g/mol. The second-order valence-electron chi connectivity index (χ2n) is 5.46. The zero-order valence-corrected chi connectivity index (χ0v) is 12.8. The van der Waals surface area contributed by atoms with Gasteiger partial charge < -0.3 is 10.1 Å². The maximum absolute atomic E-state index is 13.6. The van der Waals surface area contributed by atoms with Crippen molar-refractivity contribution in [1.82, 2.24) is 9.97 Å². The number of aromatic nitrogens is 2. The quantitative estimate of drug-likeness (QED) is 0.898. The van der Waals surface area contributed by atoms with Crippen LogP contribution >= 0.6 is 0 Å². The Labute approximate surface area is 124 Å². The van der Waals surface area contributed by atoms with E-state index in [1.807, 2.05) is 24.3 Å². The lowest BCUT2D eigenvalue weighted by Gasteiger charge is -2.23. The molecule has 0 aliphatic carbocycles. The minimum atomic E-state index is -0.591. The van der Waals surface area contributed by atoms with Gasteiger partial charge in [0.05, 0.1) is 6.20 Å². The normalized spacial score (nSPS) is 11.3. The van der Waals surface area contributed by atoms with Crippen molar-refractivity contribution in [3.63, 3.8) is 0 Å². The number of nitrogens with one attached hydrogen (secondary N) is 1. The minimum Gasteiger partial charge on any atom is -0.436 e. The van der Waals surface area contributed by atoms with Crippen LogP contribution in [-0.2, 0) is 5.41 Å². The predicted octanol–water partition coefficient (Wildman–Crippen LogP) is 4.14. The largest absolute Gasteiger partial charge is 0.436 e. The van der Waals surface area contributed by atoms with Gasteiger partial charge in [-0.3, -0.25) is 0 Å². The van der Waals surface area contributed by atoms with Crippen LogP contribution in [0.4, 0.5) is 10.3 Å². The van der Waals surface area contributed by atoms with Gasteiger partial charge in [0, 0.05) is 7.05 Å². The van der Waals surface area contributed by atoms with Crippen LogP contribution in [0.2, 0.25) is 0 Å². The molecule has 0 aliphatic rings. The first-order valence-electron chi connectivity index (χ1n) is 6.95. The van der Waals surface area contributed by atoms with E-state index in [1.54, 1.807) is 7.05 Å². The number of nitrogens with zero attached hydrogens (tertiary/aromatic N) is 2. The van der Waals surface area contributed by atoms with Crippen LogP contribution in [0.3, 0.4) is 0 Å². The van der Waals surface area contributed by atoms with Crippen LogP contribution in [0.25, 0.3) is 0 Å². The summed E-state index contributed by atoms with van der Waals surface area (Å²) >= 11 is 0. The molecule has 1 heterocycles. The first kappa shape index (κ1) is 15.2. The Balaban J connectivity index is 2.21. The van der Waals surface area contributed by atoms with E-state index < -0.39 is 5.82 Å². The molecule has 1 aromatic heterocycles. The lowest BCUT2D eigenvalue weighted by Crippen LogP contribution is -2.14. The van der Waals surface area contributed by atoms with Crippen LogP contribution in [0.15, 0.2) is 30.5 Å². The van der Waals surface area contributed by atoms with Crippen LogP contribution in [0.1, 0.15) is 32.8 Å². The molecule has 0 fully saturated rings. The third-order valence-corrected chi connectivity index (χ3v) is 3.67. The van der Waals surface area contributed by atoms with Crippen molar-refractivity contribution < 1.29 is 9.13 Å². The van der Waals surface area contributed by atoms with Crippen molar-refractivity contribution in [2.75, 3.05) is 12.4 Å². The summed E-state index contributed by atoms with van der Waals surface area (Å²) in [4.78, 5) is 7.73. The number of halogens is 1. The molecule has 1 aromatic carbocycles.